The molecule has 3 rings (SSSR count). The first-order valence-electron chi connectivity index (χ1n) is 9.54. The maximum Gasteiger partial charge on any atom is 0.311 e. The summed E-state index contributed by atoms with van der Waals surface area (Å²) in [6.45, 7) is 6.62. The maximum absolute atomic E-state index is 11.8. The molecule has 1 heterocycles. The molecule has 1 N–H and O–H groups in total. The normalized spacial score (nSPS) is 14.4. The number of hydrogen-bond acceptors (Lipinski definition) is 6. The van der Waals surface area contributed by atoms with Crippen LogP contribution in [0, 0.1) is 17.0 Å². The zero-order valence-electron chi connectivity index (χ0n) is 16.5. The zero-order chi connectivity index (χ0) is 21.0. The summed E-state index contributed by atoms with van der Waals surface area (Å²) < 4.78 is 0. The molecule has 1 saturated heterocycles. The molecule has 0 saturated carbocycles. The van der Waals surface area contributed by atoms with Crippen molar-refractivity contribution in [1.29, 1.82) is 0 Å². The van der Waals surface area contributed by atoms with Crippen LogP contribution in [0.3, 0.4) is 0 Å². The molecule has 0 radical (unpaired) electrons. The molecule has 2 aromatic rings. The van der Waals surface area contributed by atoms with Gasteiger partial charge >= 0.3 is 5.69 Å². The topological polar surface area (TPSA) is 99.3 Å². The lowest BCUT2D eigenvalue weighted by molar-refractivity contribution is -0.385. The monoisotopic (exact) mass is 396 g/mol. The molecule has 1 fully saturated rings. The summed E-state index contributed by atoms with van der Waals surface area (Å²) in [5.74, 6) is -0.200. The van der Waals surface area contributed by atoms with E-state index >= 15 is 0 Å². The number of benzene rings is 2. The largest absolute Gasteiger partial charge is 0.502 e. The van der Waals surface area contributed by atoms with Gasteiger partial charge in [-0.3, -0.25) is 19.9 Å². The molecule has 1 aliphatic heterocycles. The third kappa shape index (κ3) is 4.71. The van der Waals surface area contributed by atoms with Gasteiger partial charge in [0.15, 0.2) is 0 Å². The fraction of sp³-hybridized carbons (Fsp3) is 0.333. The van der Waals surface area contributed by atoms with Gasteiger partial charge in [-0.15, -0.1) is 0 Å². The third-order valence-corrected chi connectivity index (χ3v) is 4.96. The number of rotatable bonds is 5. The minimum absolute atomic E-state index is 0.189. The molecular weight excluding hydrogens is 372 g/mol. The number of hydrogen-bond donors (Lipinski definition) is 1. The summed E-state index contributed by atoms with van der Waals surface area (Å²) in [7, 11) is 0. The molecule has 0 unspecified atom stereocenters. The molecule has 0 spiro atoms. The molecule has 1 amide bonds. The number of nitrogens with zero attached hydrogens (tertiary/aromatic N) is 4. The van der Waals surface area contributed by atoms with E-state index in [1.54, 1.807) is 13.0 Å². The van der Waals surface area contributed by atoms with Crippen molar-refractivity contribution >= 4 is 29.2 Å². The Morgan fingerprint density at radius 3 is 2.45 bits per heavy atom. The Balaban J connectivity index is 1.69. The minimum Gasteiger partial charge on any atom is -0.502 e. The van der Waals surface area contributed by atoms with Crippen LogP contribution >= 0.6 is 0 Å². The Hall–Kier alpha value is -3.42. The fourth-order valence-electron chi connectivity index (χ4n) is 3.36. The Labute approximate surface area is 169 Å². The highest BCUT2D eigenvalue weighted by atomic mass is 16.6. The number of carbonyl (C=O) groups excluding carboxylic acids is 1. The van der Waals surface area contributed by atoms with Gasteiger partial charge in [0.25, 0.3) is 0 Å². The van der Waals surface area contributed by atoms with Gasteiger partial charge in [0.2, 0.25) is 11.7 Å². The van der Waals surface area contributed by atoms with E-state index in [4.69, 9.17) is 0 Å². The highest BCUT2D eigenvalue weighted by Crippen LogP contribution is 2.30. The van der Waals surface area contributed by atoms with Crippen LogP contribution in [0.4, 0.5) is 17.1 Å². The quantitative estimate of drug-likeness (QED) is 0.474. The number of aryl methyl sites for hydroxylation is 1. The van der Waals surface area contributed by atoms with E-state index in [0.29, 0.717) is 23.2 Å². The second kappa shape index (κ2) is 8.72. The van der Waals surface area contributed by atoms with E-state index in [2.05, 4.69) is 9.89 Å². The smallest absolute Gasteiger partial charge is 0.311 e. The van der Waals surface area contributed by atoms with E-state index in [0.717, 1.165) is 31.9 Å². The number of anilines is 1. The van der Waals surface area contributed by atoms with Crippen LogP contribution in [-0.4, -0.2) is 53.2 Å². The number of phenolic OH excluding ortho intramolecular Hbond substituents is 1. The standard InChI is InChI=1S/C21H24N4O4/c1-3-20(26)24-10-8-23(9-11-24)18-6-4-17(5-7-18)22-14-16-12-15(2)13-19(21(16)27)25(28)29/h4-7,12-14,27H,3,8-11H2,1-2H3. The Morgan fingerprint density at radius 2 is 1.86 bits per heavy atom. The van der Waals surface area contributed by atoms with Gasteiger partial charge in [0.05, 0.1) is 10.6 Å². The summed E-state index contributed by atoms with van der Waals surface area (Å²) >= 11 is 0. The number of amides is 1. The minimum atomic E-state index is -0.609. The van der Waals surface area contributed by atoms with Gasteiger partial charge in [-0.1, -0.05) is 6.92 Å². The number of aliphatic imine (C=N–C) groups is 1. The molecule has 0 bridgehead atoms. The zero-order valence-corrected chi connectivity index (χ0v) is 16.5. The van der Waals surface area contributed by atoms with Crippen LogP contribution in [0.2, 0.25) is 0 Å². The van der Waals surface area contributed by atoms with Crippen molar-refractivity contribution in [3.63, 3.8) is 0 Å². The van der Waals surface area contributed by atoms with E-state index in [-0.39, 0.29) is 17.3 Å². The first-order valence-corrected chi connectivity index (χ1v) is 9.54. The Morgan fingerprint density at radius 1 is 1.21 bits per heavy atom. The van der Waals surface area contributed by atoms with Crippen molar-refractivity contribution in [3.05, 3.63) is 57.6 Å². The molecule has 2 aromatic carbocycles. The van der Waals surface area contributed by atoms with Crippen molar-refractivity contribution in [2.24, 2.45) is 4.99 Å². The lowest BCUT2D eigenvalue weighted by atomic mass is 10.1. The summed E-state index contributed by atoms with van der Waals surface area (Å²) in [5.41, 5.74) is 2.38. The van der Waals surface area contributed by atoms with Gasteiger partial charge in [-0.2, -0.15) is 0 Å². The maximum atomic E-state index is 11.8. The van der Waals surface area contributed by atoms with Crippen LogP contribution in [0.15, 0.2) is 41.4 Å². The van der Waals surface area contributed by atoms with Crippen molar-refractivity contribution in [2.45, 2.75) is 20.3 Å². The van der Waals surface area contributed by atoms with Gasteiger partial charge in [0.1, 0.15) is 0 Å². The van der Waals surface area contributed by atoms with Crippen molar-refractivity contribution in [2.75, 3.05) is 31.1 Å². The molecule has 0 aromatic heterocycles. The third-order valence-electron chi connectivity index (χ3n) is 4.96. The summed E-state index contributed by atoms with van der Waals surface area (Å²) in [5, 5.41) is 21.1. The Bertz CT molecular complexity index is 932. The average molecular weight is 396 g/mol. The second-order valence-corrected chi connectivity index (χ2v) is 6.97. The molecular formula is C21H24N4O4. The van der Waals surface area contributed by atoms with Gasteiger partial charge in [-0.25, -0.2) is 0 Å². The second-order valence-electron chi connectivity index (χ2n) is 6.97. The van der Waals surface area contributed by atoms with E-state index in [1.165, 1.54) is 12.3 Å². The number of nitro benzene ring substituents is 1. The van der Waals surface area contributed by atoms with Crippen molar-refractivity contribution in [1.82, 2.24) is 4.90 Å². The molecule has 8 heteroatoms. The first kappa shape index (κ1) is 20.3. The highest BCUT2D eigenvalue weighted by Gasteiger charge is 2.20. The number of nitro groups is 1. The van der Waals surface area contributed by atoms with E-state index < -0.39 is 4.92 Å². The van der Waals surface area contributed by atoms with Gasteiger partial charge in [-0.05, 0) is 42.8 Å². The van der Waals surface area contributed by atoms with Crippen LogP contribution < -0.4 is 4.90 Å². The highest BCUT2D eigenvalue weighted by molar-refractivity contribution is 5.87. The van der Waals surface area contributed by atoms with Crippen molar-refractivity contribution in [3.8, 4) is 5.75 Å². The Kier molecular flexibility index (Phi) is 6.11. The lowest BCUT2D eigenvalue weighted by Crippen LogP contribution is -2.48. The number of carbonyl (C=O) groups is 1. The summed E-state index contributed by atoms with van der Waals surface area (Å²) in [6, 6.07) is 10.6. The molecule has 8 nitrogen and oxygen atoms in total. The van der Waals surface area contributed by atoms with E-state index in [1.807, 2.05) is 36.1 Å². The molecule has 1 aliphatic rings. The molecule has 29 heavy (non-hydrogen) atoms. The molecule has 152 valence electrons. The predicted octanol–water partition coefficient (Wildman–Crippen LogP) is 3.42. The average Bonchev–Trinajstić information content (AvgIpc) is 2.73. The molecule has 0 aliphatic carbocycles. The van der Waals surface area contributed by atoms with Crippen LogP contribution in [0.25, 0.3) is 0 Å². The van der Waals surface area contributed by atoms with Crippen molar-refractivity contribution < 1.29 is 14.8 Å². The number of piperazine rings is 1. The lowest BCUT2D eigenvalue weighted by Gasteiger charge is -2.36. The first-order chi connectivity index (χ1) is 13.9. The SMILES string of the molecule is CCC(=O)N1CCN(c2ccc(N=Cc3cc(C)cc([N+](=O)[O-])c3O)cc2)CC1. The predicted molar refractivity (Wildman–Crippen MR) is 112 cm³/mol. The van der Waals surface area contributed by atoms with Crippen LogP contribution in [0.5, 0.6) is 5.75 Å². The van der Waals surface area contributed by atoms with Gasteiger partial charge < -0.3 is 14.9 Å². The number of phenols is 1. The molecule has 0 atom stereocenters. The summed E-state index contributed by atoms with van der Waals surface area (Å²) in [6.07, 6.45) is 1.96. The van der Waals surface area contributed by atoms with E-state index in [9.17, 15) is 20.0 Å². The summed E-state index contributed by atoms with van der Waals surface area (Å²) in [4.78, 5) is 30.7. The fourth-order valence-corrected chi connectivity index (χ4v) is 3.36. The van der Waals surface area contributed by atoms with Crippen LogP contribution in [0.1, 0.15) is 24.5 Å². The van der Waals surface area contributed by atoms with Crippen LogP contribution in [-0.2, 0) is 4.79 Å². The number of aromatic hydroxyl groups is 1. The van der Waals surface area contributed by atoms with Gasteiger partial charge in [0, 0.05) is 56.1 Å².